The van der Waals surface area contributed by atoms with Crippen LogP contribution in [0.4, 0.5) is 5.69 Å². The van der Waals surface area contributed by atoms with Gasteiger partial charge in [0.1, 0.15) is 17.0 Å². The van der Waals surface area contributed by atoms with Gasteiger partial charge in [0.15, 0.2) is 0 Å². The molecule has 0 aromatic heterocycles. The van der Waals surface area contributed by atoms with Gasteiger partial charge in [0.05, 0.1) is 6.61 Å². The van der Waals surface area contributed by atoms with Crippen LogP contribution >= 0.6 is 15.9 Å². The minimum absolute atomic E-state index is 0.133. The third-order valence-corrected chi connectivity index (χ3v) is 4.47. The molecule has 7 heteroatoms. The van der Waals surface area contributed by atoms with E-state index in [4.69, 9.17) is 9.47 Å². The molecule has 0 saturated heterocycles. The van der Waals surface area contributed by atoms with Crippen molar-refractivity contribution in [2.75, 3.05) is 29.7 Å². The van der Waals surface area contributed by atoms with Crippen molar-refractivity contribution in [3.63, 3.8) is 0 Å². The predicted molar refractivity (Wildman–Crippen MR) is 70.1 cm³/mol. The lowest BCUT2D eigenvalue weighted by molar-refractivity contribution is 0.146. The number of halogens is 1. The van der Waals surface area contributed by atoms with Crippen molar-refractivity contribution >= 4 is 31.6 Å². The predicted octanol–water partition coefficient (Wildman–Crippen LogP) is 1.81. The molecular formula is C10H14BrNO4S. The quantitative estimate of drug-likeness (QED) is 0.614. The Kier molecular flexibility index (Phi) is 5.73. The van der Waals surface area contributed by atoms with Gasteiger partial charge in [-0.15, -0.1) is 0 Å². The molecule has 0 aliphatic carbocycles. The molecule has 0 saturated carbocycles. The smallest absolute Gasteiger partial charge is 0.242 e. The zero-order valence-electron chi connectivity index (χ0n) is 9.35. The Hall–Kier alpha value is -0.790. The van der Waals surface area contributed by atoms with Gasteiger partial charge >= 0.3 is 0 Å². The van der Waals surface area contributed by atoms with Crippen LogP contribution in [0.25, 0.3) is 0 Å². The molecule has 0 amide bonds. The Balaban J connectivity index is 2.56. The summed E-state index contributed by atoms with van der Waals surface area (Å²) in [6.45, 7) is 0.973. The molecule has 0 heterocycles. The lowest BCUT2D eigenvalue weighted by Crippen LogP contribution is -2.13. The fourth-order valence-corrected chi connectivity index (χ4v) is 1.96. The molecule has 96 valence electrons. The highest BCUT2D eigenvalue weighted by molar-refractivity contribution is 9.10. The summed E-state index contributed by atoms with van der Waals surface area (Å²) in [6, 6.07) is 6.67. The number of hydrogen-bond donors (Lipinski definition) is 1. The molecule has 1 N–H and O–H groups in total. The van der Waals surface area contributed by atoms with Gasteiger partial charge in [0.2, 0.25) is 10.0 Å². The van der Waals surface area contributed by atoms with Gasteiger partial charge in [-0.05, 0) is 24.3 Å². The standard InChI is InChI=1S/C10H14BrNO4S/c1-15-6-7-16-10-4-2-9(3-5-10)12-17(13,14)8-11/h2-5,12H,6-8H2,1H3. The molecule has 0 atom stereocenters. The summed E-state index contributed by atoms with van der Waals surface area (Å²) < 4.78 is 35.0. The number of ether oxygens (including phenoxy) is 2. The van der Waals surface area contributed by atoms with Crippen molar-refractivity contribution in [3.8, 4) is 5.75 Å². The normalized spacial score (nSPS) is 11.2. The van der Waals surface area contributed by atoms with Crippen LogP contribution in [-0.2, 0) is 14.8 Å². The van der Waals surface area contributed by atoms with Crippen LogP contribution in [-0.4, -0.2) is 33.4 Å². The third-order valence-electron chi connectivity index (χ3n) is 1.83. The Morgan fingerprint density at radius 1 is 1.24 bits per heavy atom. The second-order valence-electron chi connectivity index (χ2n) is 3.19. The Morgan fingerprint density at radius 2 is 1.88 bits per heavy atom. The van der Waals surface area contributed by atoms with Crippen molar-refractivity contribution in [1.29, 1.82) is 0 Å². The number of hydrogen-bond acceptors (Lipinski definition) is 4. The molecule has 0 spiro atoms. The zero-order chi connectivity index (χ0) is 12.7. The molecule has 1 aromatic rings. The summed E-state index contributed by atoms with van der Waals surface area (Å²) >= 11 is 2.90. The lowest BCUT2D eigenvalue weighted by Gasteiger charge is -2.08. The van der Waals surface area contributed by atoms with Crippen molar-refractivity contribution in [2.24, 2.45) is 0 Å². The molecule has 0 unspecified atom stereocenters. The van der Waals surface area contributed by atoms with Crippen LogP contribution in [0.3, 0.4) is 0 Å². The summed E-state index contributed by atoms with van der Waals surface area (Å²) in [6.07, 6.45) is 0. The van der Waals surface area contributed by atoms with Crippen molar-refractivity contribution in [1.82, 2.24) is 0 Å². The first-order valence-electron chi connectivity index (χ1n) is 4.85. The summed E-state index contributed by atoms with van der Waals surface area (Å²) in [5.41, 5.74) is 0.503. The fourth-order valence-electron chi connectivity index (χ4n) is 1.07. The maximum atomic E-state index is 11.3. The van der Waals surface area contributed by atoms with E-state index in [0.29, 0.717) is 24.7 Å². The molecule has 0 aliphatic heterocycles. The van der Waals surface area contributed by atoms with Crippen LogP contribution in [0.2, 0.25) is 0 Å². The van der Waals surface area contributed by atoms with E-state index in [9.17, 15) is 8.42 Å². The van der Waals surface area contributed by atoms with Gasteiger partial charge < -0.3 is 9.47 Å². The van der Waals surface area contributed by atoms with Crippen LogP contribution in [0.1, 0.15) is 0 Å². The molecule has 0 radical (unpaired) electrons. The highest BCUT2D eigenvalue weighted by Gasteiger charge is 2.07. The van der Waals surface area contributed by atoms with Gasteiger partial charge in [-0.3, -0.25) is 4.72 Å². The number of methoxy groups -OCH3 is 1. The summed E-state index contributed by atoms with van der Waals surface area (Å²) in [4.78, 5) is 0. The monoisotopic (exact) mass is 323 g/mol. The largest absolute Gasteiger partial charge is 0.491 e. The first-order valence-corrected chi connectivity index (χ1v) is 7.63. The number of rotatable bonds is 7. The highest BCUT2D eigenvalue weighted by atomic mass is 79.9. The van der Waals surface area contributed by atoms with E-state index in [1.54, 1.807) is 31.4 Å². The van der Waals surface area contributed by atoms with E-state index in [2.05, 4.69) is 20.7 Å². The van der Waals surface area contributed by atoms with Crippen LogP contribution in [0, 0.1) is 0 Å². The maximum Gasteiger partial charge on any atom is 0.242 e. The van der Waals surface area contributed by atoms with Gasteiger partial charge in [0.25, 0.3) is 0 Å². The van der Waals surface area contributed by atoms with E-state index < -0.39 is 10.0 Å². The summed E-state index contributed by atoms with van der Waals surface area (Å²) in [5, 5.41) is 0. The first-order chi connectivity index (χ1) is 8.07. The van der Waals surface area contributed by atoms with Gasteiger partial charge in [0, 0.05) is 12.8 Å². The van der Waals surface area contributed by atoms with Crippen molar-refractivity contribution in [3.05, 3.63) is 24.3 Å². The average Bonchev–Trinajstić information content (AvgIpc) is 2.31. The summed E-state index contributed by atoms with van der Waals surface area (Å²) in [7, 11) is -1.70. The molecule has 17 heavy (non-hydrogen) atoms. The second kappa shape index (κ2) is 6.83. The number of alkyl halides is 1. The van der Waals surface area contributed by atoms with Crippen molar-refractivity contribution in [2.45, 2.75) is 0 Å². The zero-order valence-corrected chi connectivity index (χ0v) is 11.8. The average molecular weight is 324 g/mol. The molecule has 0 aliphatic rings. The minimum Gasteiger partial charge on any atom is -0.491 e. The van der Waals surface area contributed by atoms with E-state index >= 15 is 0 Å². The number of nitrogens with one attached hydrogen (secondary N) is 1. The van der Waals surface area contributed by atoms with Crippen LogP contribution < -0.4 is 9.46 Å². The number of sulfonamides is 1. The van der Waals surface area contributed by atoms with Gasteiger partial charge in [-0.2, -0.15) is 0 Å². The Labute approximate surface area is 109 Å². The number of anilines is 1. The molecule has 5 nitrogen and oxygen atoms in total. The van der Waals surface area contributed by atoms with E-state index in [-0.39, 0.29) is 4.66 Å². The minimum atomic E-state index is -3.30. The molecule has 1 rings (SSSR count). The lowest BCUT2D eigenvalue weighted by atomic mass is 10.3. The van der Waals surface area contributed by atoms with Crippen LogP contribution in [0.5, 0.6) is 5.75 Å². The second-order valence-corrected chi connectivity index (χ2v) is 6.22. The van der Waals surface area contributed by atoms with E-state index in [1.807, 2.05) is 0 Å². The first kappa shape index (κ1) is 14.3. The molecule has 0 fully saturated rings. The topological polar surface area (TPSA) is 64.6 Å². The Bertz CT molecular complexity index is 432. The number of benzene rings is 1. The maximum absolute atomic E-state index is 11.3. The summed E-state index contributed by atoms with van der Waals surface area (Å²) in [5.74, 6) is 0.670. The van der Waals surface area contributed by atoms with Crippen molar-refractivity contribution < 1.29 is 17.9 Å². The SMILES string of the molecule is COCCOc1ccc(NS(=O)(=O)CBr)cc1. The van der Waals surface area contributed by atoms with Crippen LogP contribution in [0.15, 0.2) is 24.3 Å². The Morgan fingerprint density at radius 3 is 2.41 bits per heavy atom. The van der Waals surface area contributed by atoms with Gasteiger partial charge in [-0.25, -0.2) is 8.42 Å². The molecule has 0 bridgehead atoms. The van der Waals surface area contributed by atoms with E-state index in [0.717, 1.165) is 0 Å². The molecule has 1 aromatic carbocycles. The highest BCUT2D eigenvalue weighted by Crippen LogP contribution is 2.17. The third kappa shape index (κ3) is 5.38. The van der Waals surface area contributed by atoms with Gasteiger partial charge in [-0.1, -0.05) is 15.9 Å². The molecular weight excluding hydrogens is 310 g/mol. The van der Waals surface area contributed by atoms with E-state index in [1.165, 1.54) is 0 Å². The fraction of sp³-hybridized carbons (Fsp3) is 0.400.